The summed E-state index contributed by atoms with van der Waals surface area (Å²) in [6.07, 6.45) is 5.79. The van der Waals surface area contributed by atoms with Crippen LogP contribution in [0.15, 0.2) is 54.6 Å². The van der Waals surface area contributed by atoms with Crippen LogP contribution in [-0.4, -0.2) is 25.0 Å². The van der Waals surface area contributed by atoms with Crippen LogP contribution in [0.1, 0.15) is 48.5 Å². The van der Waals surface area contributed by atoms with Gasteiger partial charge in [0.1, 0.15) is 0 Å². The van der Waals surface area contributed by atoms with Gasteiger partial charge in [-0.2, -0.15) is 0 Å². The number of hydrogen-bond acceptors (Lipinski definition) is 2. The first kappa shape index (κ1) is 17.5. The van der Waals surface area contributed by atoms with Gasteiger partial charge in [-0.15, -0.1) is 0 Å². The monoisotopic (exact) mass is 336 g/mol. The Labute approximate surface area is 151 Å². The van der Waals surface area contributed by atoms with Crippen molar-refractivity contribution >= 4 is 11.6 Å². The summed E-state index contributed by atoms with van der Waals surface area (Å²) in [6, 6.07) is 18.6. The van der Waals surface area contributed by atoms with Crippen molar-refractivity contribution in [3.63, 3.8) is 0 Å². The van der Waals surface area contributed by atoms with Gasteiger partial charge in [-0.1, -0.05) is 30.3 Å². The number of nitrogens with one attached hydrogen (secondary N) is 1. The molecule has 1 heterocycles. The smallest absolute Gasteiger partial charge is 0.251 e. The molecule has 1 aliphatic heterocycles. The van der Waals surface area contributed by atoms with E-state index in [1.165, 1.54) is 30.5 Å². The lowest BCUT2D eigenvalue weighted by Gasteiger charge is -2.28. The predicted molar refractivity (Wildman–Crippen MR) is 104 cm³/mol. The quantitative estimate of drug-likeness (QED) is 0.846. The Morgan fingerprint density at radius 3 is 2.36 bits per heavy atom. The van der Waals surface area contributed by atoms with E-state index in [1.807, 2.05) is 18.2 Å². The number of nitrogens with zero attached hydrogens (tertiary/aromatic N) is 1. The second-order valence-electron chi connectivity index (χ2n) is 6.99. The number of amides is 1. The topological polar surface area (TPSA) is 32.3 Å². The standard InChI is InChI=1S/C22H28N2O/c1-18(10-11-19-8-4-2-5-9-19)23-22(25)20-12-14-21(15-13-20)24-16-6-3-7-17-24/h2,4-5,8-9,12-15,18H,3,6-7,10-11,16-17H2,1H3,(H,23,25)/t18-/m1/s1. The van der Waals surface area contributed by atoms with Gasteiger partial charge in [0.15, 0.2) is 0 Å². The van der Waals surface area contributed by atoms with E-state index in [4.69, 9.17) is 0 Å². The number of rotatable bonds is 6. The minimum Gasteiger partial charge on any atom is -0.372 e. The molecular weight excluding hydrogens is 308 g/mol. The fourth-order valence-corrected chi connectivity index (χ4v) is 3.38. The van der Waals surface area contributed by atoms with Gasteiger partial charge in [0.05, 0.1) is 0 Å². The van der Waals surface area contributed by atoms with Crippen molar-refractivity contribution in [2.45, 2.75) is 45.1 Å². The molecule has 0 unspecified atom stereocenters. The fourth-order valence-electron chi connectivity index (χ4n) is 3.38. The van der Waals surface area contributed by atoms with Crippen molar-refractivity contribution in [3.05, 3.63) is 65.7 Å². The van der Waals surface area contributed by atoms with E-state index in [1.54, 1.807) is 0 Å². The summed E-state index contributed by atoms with van der Waals surface area (Å²) in [5.41, 5.74) is 3.29. The van der Waals surface area contributed by atoms with Crippen molar-refractivity contribution in [1.82, 2.24) is 5.32 Å². The Morgan fingerprint density at radius 1 is 1.00 bits per heavy atom. The zero-order chi connectivity index (χ0) is 17.5. The highest BCUT2D eigenvalue weighted by atomic mass is 16.1. The zero-order valence-corrected chi connectivity index (χ0v) is 15.1. The Kier molecular flexibility index (Phi) is 6.10. The van der Waals surface area contributed by atoms with Gasteiger partial charge >= 0.3 is 0 Å². The Bertz CT molecular complexity index is 660. The largest absolute Gasteiger partial charge is 0.372 e. The molecule has 1 aliphatic rings. The van der Waals surface area contributed by atoms with Gasteiger partial charge in [0, 0.05) is 30.4 Å². The molecule has 0 saturated carbocycles. The summed E-state index contributed by atoms with van der Waals surface area (Å²) in [5, 5.41) is 3.11. The highest BCUT2D eigenvalue weighted by Gasteiger charge is 2.13. The van der Waals surface area contributed by atoms with E-state index >= 15 is 0 Å². The molecule has 1 fully saturated rings. The highest BCUT2D eigenvalue weighted by molar-refractivity contribution is 5.94. The third-order valence-electron chi connectivity index (χ3n) is 4.94. The van der Waals surface area contributed by atoms with Crippen molar-refractivity contribution in [1.29, 1.82) is 0 Å². The second kappa shape index (κ2) is 8.70. The van der Waals surface area contributed by atoms with Crippen LogP contribution in [0.5, 0.6) is 0 Å². The minimum atomic E-state index is 0.0192. The van der Waals surface area contributed by atoms with Crippen LogP contribution in [0.25, 0.3) is 0 Å². The Balaban J connectivity index is 1.50. The minimum absolute atomic E-state index is 0.0192. The van der Waals surface area contributed by atoms with Crippen molar-refractivity contribution in [2.75, 3.05) is 18.0 Å². The van der Waals surface area contributed by atoms with Crippen LogP contribution in [0.4, 0.5) is 5.69 Å². The summed E-state index contributed by atoms with van der Waals surface area (Å²) in [7, 11) is 0. The van der Waals surface area contributed by atoms with Crippen LogP contribution in [-0.2, 0) is 6.42 Å². The molecule has 2 aromatic carbocycles. The lowest BCUT2D eigenvalue weighted by Crippen LogP contribution is -2.33. The summed E-state index contributed by atoms with van der Waals surface area (Å²) >= 11 is 0. The van der Waals surface area contributed by atoms with E-state index in [9.17, 15) is 4.79 Å². The SMILES string of the molecule is C[C@H](CCc1ccccc1)NC(=O)c1ccc(N2CCCCC2)cc1. The number of benzene rings is 2. The van der Waals surface area contributed by atoms with Gasteiger partial charge in [0.2, 0.25) is 0 Å². The molecule has 0 radical (unpaired) electrons. The van der Waals surface area contributed by atoms with Crippen LogP contribution in [0.2, 0.25) is 0 Å². The number of anilines is 1. The molecule has 0 aromatic heterocycles. The van der Waals surface area contributed by atoms with E-state index in [2.05, 4.69) is 53.5 Å². The average molecular weight is 336 g/mol. The molecule has 25 heavy (non-hydrogen) atoms. The molecule has 3 nitrogen and oxygen atoms in total. The van der Waals surface area contributed by atoms with Gasteiger partial charge in [-0.05, 0) is 68.9 Å². The summed E-state index contributed by atoms with van der Waals surface area (Å²) < 4.78 is 0. The molecule has 1 N–H and O–H groups in total. The van der Waals surface area contributed by atoms with E-state index in [0.29, 0.717) is 0 Å². The normalized spacial score (nSPS) is 15.6. The molecule has 2 aromatic rings. The van der Waals surface area contributed by atoms with Gasteiger partial charge < -0.3 is 10.2 Å². The second-order valence-corrected chi connectivity index (χ2v) is 6.99. The summed E-state index contributed by atoms with van der Waals surface area (Å²) in [4.78, 5) is 14.8. The lowest BCUT2D eigenvalue weighted by atomic mass is 10.1. The first-order valence-corrected chi connectivity index (χ1v) is 9.42. The zero-order valence-electron chi connectivity index (χ0n) is 15.1. The van der Waals surface area contributed by atoms with Crippen molar-refractivity contribution < 1.29 is 4.79 Å². The third kappa shape index (κ3) is 5.09. The predicted octanol–water partition coefficient (Wildman–Crippen LogP) is 4.43. The molecule has 0 bridgehead atoms. The molecule has 1 saturated heterocycles. The summed E-state index contributed by atoms with van der Waals surface area (Å²) in [6.45, 7) is 4.33. The van der Waals surface area contributed by atoms with E-state index < -0.39 is 0 Å². The molecular formula is C22H28N2O. The number of hydrogen-bond donors (Lipinski definition) is 1. The van der Waals surface area contributed by atoms with Gasteiger partial charge in [0.25, 0.3) is 5.91 Å². The number of piperidine rings is 1. The molecule has 0 spiro atoms. The maximum Gasteiger partial charge on any atom is 0.251 e. The molecule has 3 heteroatoms. The molecule has 132 valence electrons. The Hall–Kier alpha value is -2.29. The highest BCUT2D eigenvalue weighted by Crippen LogP contribution is 2.20. The van der Waals surface area contributed by atoms with Crippen molar-refractivity contribution in [2.24, 2.45) is 0 Å². The van der Waals surface area contributed by atoms with Crippen LogP contribution in [0.3, 0.4) is 0 Å². The number of aryl methyl sites for hydroxylation is 1. The van der Waals surface area contributed by atoms with E-state index in [-0.39, 0.29) is 11.9 Å². The maximum atomic E-state index is 12.4. The third-order valence-corrected chi connectivity index (χ3v) is 4.94. The first-order chi connectivity index (χ1) is 12.2. The first-order valence-electron chi connectivity index (χ1n) is 9.42. The molecule has 0 aliphatic carbocycles. The van der Waals surface area contributed by atoms with Crippen LogP contribution in [0, 0.1) is 0 Å². The van der Waals surface area contributed by atoms with Crippen LogP contribution >= 0.6 is 0 Å². The number of carbonyl (C=O) groups excluding carboxylic acids is 1. The summed E-state index contributed by atoms with van der Waals surface area (Å²) in [5.74, 6) is 0.0192. The average Bonchev–Trinajstić information content (AvgIpc) is 2.68. The molecule has 1 atom stereocenters. The molecule has 1 amide bonds. The van der Waals surface area contributed by atoms with E-state index in [0.717, 1.165) is 31.5 Å². The number of carbonyl (C=O) groups is 1. The molecule has 3 rings (SSSR count). The van der Waals surface area contributed by atoms with Gasteiger partial charge in [-0.25, -0.2) is 0 Å². The maximum absolute atomic E-state index is 12.4. The van der Waals surface area contributed by atoms with Gasteiger partial charge in [-0.3, -0.25) is 4.79 Å². The Morgan fingerprint density at radius 2 is 1.68 bits per heavy atom. The van der Waals surface area contributed by atoms with Crippen molar-refractivity contribution in [3.8, 4) is 0 Å². The van der Waals surface area contributed by atoms with Crippen LogP contribution < -0.4 is 10.2 Å². The fraction of sp³-hybridized carbons (Fsp3) is 0.409. The lowest BCUT2D eigenvalue weighted by molar-refractivity contribution is 0.0938.